The fraction of sp³-hybridized carbons (Fsp3) is 0.190. The Labute approximate surface area is 161 Å². The summed E-state index contributed by atoms with van der Waals surface area (Å²) in [6.45, 7) is 1.60. The smallest absolute Gasteiger partial charge is 0.336 e. The number of carbonyl (C=O) groups excluding carboxylic acids is 3. The van der Waals surface area contributed by atoms with E-state index in [1.54, 1.807) is 31.2 Å². The molecular weight excluding hydrogens is 363 g/mol. The van der Waals surface area contributed by atoms with E-state index in [0.717, 1.165) is 6.07 Å². The number of anilines is 2. The van der Waals surface area contributed by atoms with Gasteiger partial charge in [-0.15, -0.1) is 0 Å². The summed E-state index contributed by atoms with van der Waals surface area (Å²) >= 11 is 0. The highest BCUT2D eigenvalue weighted by Crippen LogP contribution is 2.34. The molecule has 6 nitrogen and oxygen atoms in total. The van der Waals surface area contributed by atoms with E-state index in [9.17, 15) is 18.8 Å². The number of hydrogen-bond donors (Lipinski definition) is 1. The molecule has 3 rings (SSSR count). The summed E-state index contributed by atoms with van der Waals surface area (Å²) in [6.07, 6.45) is -0.210. The number of nitrogens with one attached hydrogen (secondary N) is 1. The second-order valence-corrected chi connectivity index (χ2v) is 6.31. The van der Waals surface area contributed by atoms with Crippen LogP contribution in [0.1, 0.15) is 13.3 Å². The topological polar surface area (TPSA) is 75.7 Å². The Morgan fingerprint density at radius 1 is 1.14 bits per heavy atom. The zero-order valence-electron chi connectivity index (χ0n) is 15.4. The second-order valence-electron chi connectivity index (χ2n) is 6.31. The highest BCUT2D eigenvalue weighted by molar-refractivity contribution is 6.10. The van der Waals surface area contributed by atoms with E-state index in [2.05, 4.69) is 5.32 Å². The largest absolute Gasteiger partial charge is 0.466 e. The fourth-order valence-corrected chi connectivity index (χ4v) is 3.26. The van der Waals surface area contributed by atoms with Crippen molar-refractivity contribution in [3.63, 3.8) is 0 Å². The van der Waals surface area contributed by atoms with Crippen LogP contribution in [-0.4, -0.2) is 24.9 Å². The van der Waals surface area contributed by atoms with Gasteiger partial charge < -0.3 is 10.1 Å². The number of methoxy groups -OCH3 is 1. The molecule has 0 saturated carbocycles. The van der Waals surface area contributed by atoms with Gasteiger partial charge >= 0.3 is 5.97 Å². The lowest BCUT2D eigenvalue weighted by Gasteiger charge is -2.33. The summed E-state index contributed by atoms with van der Waals surface area (Å²) in [5.41, 5.74) is 1.26. The number of nitrogens with zero attached hydrogens (tertiary/aromatic N) is 1. The van der Waals surface area contributed by atoms with Gasteiger partial charge in [-0.2, -0.15) is 0 Å². The van der Waals surface area contributed by atoms with Crippen LogP contribution in [0.4, 0.5) is 15.8 Å². The molecule has 1 heterocycles. The molecule has 0 spiro atoms. The molecule has 2 aromatic carbocycles. The van der Waals surface area contributed by atoms with Gasteiger partial charge in [-0.1, -0.05) is 24.3 Å². The van der Waals surface area contributed by atoms with Gasteiger partial charge in [0.05, 0.1) is 18.6 Å². The first-order valence-electron chi connectivity index (χ1n) is 8.66. The van der Waals surface area contributed by atoms with Crippen LogP contribution in [-0.2, 0) is 19.1 Å². The van der Waals surface area contributed by atoms with Crippen LogP contribution >= 0.6 is 0 Å². The van der Waals surface area contributed by atoms with Gasteiger partial charge in [0.25, 0.3) is 0 Å². The maximum absolute atomic E-state index is 13.4. The third kappa shape index (κ3) is 3.78. The molecule has 1 aliphatic heterocycles. The van der Waals surface area contributed by atoms with Crippen LogP contribution in [0.3, 0.4) is 0 Å². The highest BCUT2D eigenvalue weighted by atomic mass is 19.1. The molecule has 2 aromatic rings. The van der Waals surface area contributed by atoms with E-state index < -0.39 is 23.6 Å². The van der Waals surface area contributed by atoms with Crippen LogP contribution < -0.4 is 10.2 Å². The molecular formula is C21H19FN2O4. The SMILES string of the molecule is COC(=O)C1=C(C)N(c2ccccc2)C(=O)CC1C(=O)Nc1cccc(F)c1. The van der Waals surface area contributed by atoms with E-state index in [0.29, 0.717) is 11.4 Å². The molecule has 28 heavy (non-hydrogen) atoms. The van der Waals surface area contributed by atoms with Gasteiger partial charge in [0, 0.05) is 23.5 Å². The average molecular weight is 382 g/mol. The maximum Gasteiger partial charge on any atom is 0.336 e. The predicted molar refractivity (Wildman–Crippen MR) is 102 cm³/mol. The van der Waals surface area contributed by atoms with Crippen molar-refractivity contribution in [2.45, 2.75) is 13.3 Å². The summed E-state index contributed by atoms with van der Waals surface area (Å²) in [5, 5.41) is 2.57. The lowest BCUT2D eigenvalue weighted by Crippen LogP contribution is -2.43. The molecule has 1 N–H and O–H groups in total. The molecule has 0 aromatic heterocycles. The number of allylic oxidation sites excluding steroid dienone is 1. The van der Waals surface area contributed by atoms with Crippen molar-refractivity contribution >= 4 is 29.2 Å². The lowest BCUT2D eigenvalue weighted by molar-refractivity contribution is -0.138. The first-order chi connectivity index (χ1) is 13.4. The Bertz CT molecular complexity index is 956. The van der Waals surface area contributed by atoms with Crippen molar-refractivity contribution in [2.75, 3.05) is 17.3 Å². The first-order valence-corrected chi connectivity index (χ1v) is 8.66. The molecule has 2 amide bonds. The molecule has 0 radical (unpaired) electrons. The number of amides is 2. The molecule has 0 bridgehead atoms. The number of hydrogen-bond acceptors (Lipinski definition) is 4. The third-order valence-corrected chi connectivity index (χ3v) is 4.53. The van der Waals surface area contributed by atoms with Crippen molar-refractivity contribution < 1.29 is 23.5 Å². The van der Waals surface area contributed by atoms with Crippen LogP contribution in [0.25, 0.3) is 0 Å². The summed E-state index contributed by atoms with van der Waals surface area (Å²) in [7, 11) is 1.22. The number of esters is 1. The Kier molecular flexibility index (Phi) is 5.54. The van der Waals surface area contributed by atoms with E-state index >= 15 is 0 Å². The summed E-state index contributed by atoms with van der Waals surface area (Å²) in [4.78, 5) is 39.4. The molecule has 1 atom stereocenters. The fourth-order valence-electron chi connectivity index (χ4n) is 3.26. The monoisotopic (exact) mass is 382 g/mol. The molecule has 0 saturated heterocycles. The number of para-hydroxylation sites is 1. The van der Waals surface area contributed by atoms with Gasteiger partial charge in [0.1, 0.15) is 5.82 Å². The van der Waals surface area contributed by atoms with Crippen LogP contribution in [0.15, 0.2) is 65.9 Å². The highest BCUT2D eigenvalue weighted by Gasteiger charge is 2.40. The third-order valence-electron chi connectivity index (χ3n) is 4.53. The molecule has 0 fully saturated rings. The van der Waals surface area contributed by atoms with Crippen molar-refractivity contribution in [3.05, 3.63) is 71.7 Å². The van der Waals surface area contributed by atoms with Crippen LogP contribution in [0, 0.1) is 11.7 Å². The summed E-state index contributed by atoms with van der Waals surface area (Å²) in [6, 6.07) is 14.2. The quantitative estimate of drug-likeness (QED) is 0.824. The summed E-state index contributed by atoms with van der Waals surface area (Å²) < 4.78 is 18.2. The van der Waals surface area contributed by atoms with Gasteiger partial charge in [0.15, 0.2) is 0 Å². The maximum atomic E-state index is 13.4. The standard InChI is InChI=1S/C21H19FN2O4/c1-13-19(21(27)28-2)17(20(26)23-15-8-6-7-14(22)11-15)12-18(25)24(13)16-9-4-3-5-10-16/h3-11,17H,12H2,1-2H3,(H,23,26). The van der Waals surface area contributed by atoms with E-state index in [4.69, 9.17) is 4.74 Å². The van der Waals surface area contributed by atoms with Gasteiger partial charge in [-0.05, 0) is 37.3 Å². The minimum Gasteiger partial charge on any atom is -0.466 e. The lowest BCUT2D eigenvalue weighted by atomic mass is 9.88. The molecule has 1 unspecified atom stereocenters. The molecule has 0 aliphatic carbocycles. The Balaban J connectivity index is 1.99. The van der Waals surface area contributed by atoms with Gasteiger partial charge in [-0.25, -0.2) is 9.18 Å². The van der Waals surface area contributed by atoms with E-state index in [1.165, 1.54) is 30.2 Å². The van der Waals surface area contributed by atoms with Crippen molar-refractivity contribution in [1.82, 2.24) is 0 Å². The molecule has 144 valence electrons. The normalized spacial score (nSPS) is 16.8. The van der Waals surface area contributed by atoms with Crippen LogP contribution in [0.5, 0.6) is 0 Å². The predicted octanol–water partition coefficient (Wildman–Crippen LogP) is 3.26. The van der Waals surface area contributed by atoms with Crippen molar-refractivity contribution in [3.8, 4) is 0 Å². The van der Waals surface area contributed by atoms with Crippen molar-refractivity contribution in [1.29, 1.82) is 0 Å². The molecule has 7 heteroatoms. The number of benzene rings is 2. The summed E-state index contributed by atoms with van der Waals surface area (Å²) in [5.74, 6) is -3.14. The number of halogens is 1. The van der Waals surface area contributed by atoms with Gasteiger partial charge in [0.2, 0.25) is 11.8 Å². The zero-order valence-corrected chi connectivity index (χ0v) is 15.4. The molecule has 1 aliphatic rings. The number of rotatable bonds is 4. The number of ether oxygens (including phenoxy) is 1. The minimum absolute atomic E-state index is 0.0971. The van der Waals surface area contributed by atoms with Gasteiger partial charge in [-0.3, -0.25) is 14.5 Å². The van der Waals surface area contributed by atoms with E-state index in [-0.39, 0.29) is 23.6 Å². The van der Waals surface area contributed by atoms with Crippen molar-refractivity contribution in [2.24, 2.45) is 5.92 Å². The minimum atomic E-state index is -1.04. The Morgan fingerprint density at radius 3 is 2.50 bits per heavy atom. The Morgan fingerprint density at radius 2 is 1.86 bits per heavy atom. The number of carbonyl (C=O) groups is 3. The van der Waals surface area contributed by atoms with E-state index in [1.807, 2.05) is 6.07 Å². The Hall–Kier alpha value is -3.48. The zero-order chi connectivity index (χ0) is 20.3. The first kappa shape index (κ1) is 19.3. The average Bonchev–Trinajstić information content (AvgIpc) is 2.68. The second kappa shape index (κ2) is 8.04. The van der Waals surface area contributed by atoms with Crippen LogP contribution in [0.2, 0.25) is 0 Å².